The molecule has 0 bridgehead atoms. The Kier molecular flexibility index (Phi) is 4.04. The summed E-state index contributed by atoms with van der Waals surface area (Å²) in [7, 11) is 4.28. The van der Waals surface area contributed by atoms with Gasteiger partial charge in [-0.25, -0.2) is 0 Å². The Labute approximate surface area is 77.2 Å². The van der Waals surface area contributed by atoms with Crippen molar-refractivity contribution in [3.8, 4) is 0 Å². The lowest BCUT2D eigenvalue weighted by Gasteiger charge is -2.07. The fourth-order valence-electron chi connectivity index (χ4n) is 1.24. The first-order valence-electron chi connectivity index (χ1n) is 4.47. The average Bonchev–Trinajstić information content (AvgIpc) is 2.05. The first-order valence-corrected chi connectivity index (χ1v) is 6.18. The molecule has 2 heteroatoms. The van der Waals surface area contributed by atoms with Crippen molar-refractivity contribution in [3.63, 3.8) is 0 Å². The molecule has 0 atom stereocenters. The average molecular weight is 179 g/mol. The van der Waals surface area contributed by atoms with Crippen LogP contribution < -0.4 is 5.19 Å². The highest BCUT2D eigenvalue weighted by Gasteiger charge is 1.93. The zero-order valence-electron chi connectivity index (χ0n) is 7.96. The van der Waals surface area contributed by atoms with Gasteiger partial charge in [-0.15, -0.1) is 0 Å². The molecule has 66 valence electrons. The molecule has 0 N–H and O–H groups in total. The van der Waals surface area contributed by atoms with Crippen molar-refractivity contribution >= 4 is 14.7 Å². The van der Waals surface area contributed by atoms with Crippen LogP contribution in [0.1, 0.15) is 0 Å². The molecule has 0 aromatic heterocycles. The van der Waals surface area contributed by atoms with Gasteiger partial charge in [-0.3, -0.25) is 0 Å². The predicted octanol–water partition coefficient (Wildman–Crippen LogP) is 0.461. The van der Waals surface area contributed by atoms with E-state index in [1.165, 1.54) is 12.6 Å². The van der Waals surface area contributed by atoms with Crippen LogP contribution in [-0.2, 0) is 0 Å². The molecule has 0 unspecified atom stereocenters. The Hall–Kier alpha value is -0.603. The number of nitrogens with zero attached hydrogens (tertiary/aromatic N) is 1. The topological polar surface area (TPSA) is 3.24 Å². The van der Waals surface area contributed by atoms with Crippen molar-refractivity contribution in [1.29, 1.82) is 0 Å². The van der Waals surface area contributed by atoms with E-state index in [0.29, 0.717) is 0 Å². The molecule has 0 aliphatic rings. The van der Waals surface area contributed by atoms with Crippen molar-refractivity contribution in [2.24, 2.45) is 0 Å². The van der Waals surface area contributed by atoms with Gasteiger partial charge in [-0.05, 0) is 26.7 Å². The van der Waals surface area contributed by atoms with E-state index in [1.54, 1.807) is 5.19 Å². The highest BCUT2D eigenvalue weighted by molar-refractivity contribution is 6.53. The minimum absolute atomic E-state index is 0.00412. The van der Waals surface area contributed by atoms with Gasteiger partial charge in [0.25, 0.3) is 0 Å². The van der Waals surface area contributed by atoms with Crippen LogP contribution >= 0.6 is 0 Å². The molecule has 0 saturated carbocycles. The third-order valence-corrected chi connectivity index (χ3v) is 3.63. The smallest absolute Gasteiger partial charge is 0.0560 e. The van der Waals surface area contributed by atoms with Gasteiger partial charge >= 0.3 is 0 Å². The van der Waals surface area contributed by atoms with Gasteiger partial charge in [0.05, 0.1) is 9.52 Å². The normalized spacial score (nSPS) is 11.6. The van der Waals surface area contributed by atoms with E-state index in [4.69, 9.17) is 0 Å². The second-order valence-electron chi connectivity index (χ2n) is 3.39. The fourth-order valence-corrected chi connectivity index (χ4v) is 3.05. The van der Waals surface area contributed by atoms with Gasteiger partial charge in [0.1, 0.15) is 0 Å². The van der Waals surface area contributed by atoms with E-state index < -0.39 is 0 Å². The van der Waals surface area contributed by atoms with Crippen LogP contribution in [0.15, 0.2) is 30.3 Å². The maximum atomic E-state index is 2.26. The zero-order valence-corrected chi connectivity index (χ0v) is 9.37. The maximum Gasteiger partial charge on any atom is 0.0560 e. The largest absolute Gasteiger partial charge is 0.310 e. The molecule has 12 heavy (non-hydrogen) atoms. The first kappa shape index (κ1) is 9.48. The minimum Gasteiger partial charge on any atom is -0.310 e. The highest BCUT2D eigenvalue weighted by atomic mass is 28.2. The fraction of sp³-hybridized carbons (Fsp3) is 0.400. The summed E-state index contributed by atoms with van der Waals surface area (Å²) in [6, 6.07) is 12.3. The summed E-state index contributed by atoms with van der Waals surface area (Å²) in [6.45, 7) is 1.24. The summed E-state index contributed by atoms with van der Waals surface area (Å²) in [5.41, 5.74) is 0. The van der Waals surface area contributed by atoms with Gasteiger partial charge in [-0.1, -0.05) is 35.5 Å². The second kappa shape index (κ2) is 5.12. The Morgan fingerprint density at radius 3 is 2.42 bits per heavy atom. The lowest BCUT2D eigenvalue weighted by molar-refractivity contribution is 0.433. The van der Waals surface area contributed by atoms with Gasteiger partial charge in [0.15, 0.2) is 0 Å². The van der Waals surface area contributed by atoms with Gasteiger partial charge in [-0.2, -0.15) is 0 Å². The molecule has 0 amide bonds. The Morgan fingerprint density at radius 1 is 1.17 bits per heavy atom. The molecule has 0 spiro atoms. The Morgan fingerprint density at radius 2 is 1.83 bits per heavy atom. The van der Waals surface area contributed by atoms with Crippen LogP contribution in [0.25, 0.3) is 0 Å². The standard InChI is InChI=1S/C10H17NSi/c1-11(2)8-9-12-10-6-4-3-5-7-10/h3-7H,8-9,12H2,1-2H3. The summed E-state index contributed by atoms with van der Waals surface area (Å²) in [5.74, 6) is 0. The number of rotatable bonds is 4. The molecular formula is C10H17NSi. The van der Waals surface area contributed by atoms with Crippen LogP contribution in [-0.4, -0.2) is 35.1 Å². The van der Waals surface area contributed by atoms with Crippen molar-refractivity contribution in [2.75, 3.05) is 20.6 Å². The summed E-state index contributed by atoms with van der Waals surface area (Å²) < 4.78 is 0. The number of hydrogen-bond donors (Lipinski definition) is 0. The molecule has 1 aromatic carbocycles. The third kappa shape index (κ3) is 3.69. The lowest BCUT2D eigenvalue weighted by Crippen LogP contribution is -2.20. The quantitative estimate of drug-likeness (QED) is 0.607. The van der Waals surface area contributed by atoms with E-state index in [-0.39, 0.29) is 9.52 Å². The molecular weight excluding hydrogens is 162 g/mol. The summed E-state index contributed by atoms with van der Waals surface area (Å²) in [5, 5.41) is 1.58. The van der Waals surface area contributed by atoms with Gasteiger partial charge < -0.3 is 4.90 Å². The molecule has 0 heterocycles. The second-order valence-corrected chi connectivity index (χ2v) is 5.42. The number of hydrogen-bond acceptors (Lipinski definition) is 1. The zero-order chi connectivity index (χ0) is 8.81. The molecule has 1 aromatic rings. The predicted molar refractivity (Wildman–Crippen MR) is 58.0 cm³/mol. The Balaban J connectivity index is 2.25. The molecule has 1 nitrogen and oxygen atoms in total. The van der Waals surface area contributed by atoms with Crippen molar-refractivity contribution < 1.29 is 0 Å². The van der Waals surface area contributed by atoms with E-state index in [9.17, 15) is 0 Å². The van der Waals surface area contributed by atoms with Crippen molar-refractivity contribution in [1.82, 2.24) is 4.90 Å². The highest BCUT2D eigenvalue weighted by Crippen LogP contribution is 1.86. The van der Waals surface area contributed by atoms with E-state index in [2.05, 4.69) is 49.3 Å². The van der Waals surface area contributed by atoms with E-state index in [0.717, 1.165) is 0 Å². The summed E-state index contributed by atoms with van der Waals surface area (Å²) in [4.78, 5) is 2.26. The molecule has 0 radical (unpaired) electrons. The lowest BCUT2D eigenvalue weighted by atomic mass is 10.4. The molecule has 0 fully saturated rings. The Bertz CT molecular complexity index is 208. The maximum absolute atomic E-state index is 2.26. The van der Waals surface area contributed by atoms with Crippen LogP contribution in [0, 0.1) is 0 Å². The van der Waals surface area contributed by atoms with E-state index in [1.807, 2.05) is 0 Å². The monoisotopic (exact) mass is 179 g/mol. The SMILES string of the molecule is CN(C)CC[SiH2]c1ccccc1. The molecule has 1 rings (SSSR count). The molecule has 0 aliphatic heterocycles. The van der Waals surface area contributed by atoms with Gasteiger partial charge in [0.2, 0.25) is 0 Å². The van der Waals surface area contributed by atoms with Crippen molar-refractivity contribution in [2.45, 2.75) is 6.04 Å². The third-order valence-electron chi connectivity index (χ3n) is 1.91. The van der Waals surface area contributed by atoms with Gasteiger partial charge in [0, 0.05) is 0 Å². The minimum atomic E-state index is 0.00412. The van der Waals surface area contributed by atoms with Crippen molar-refractivity contribution in [3.05, 3.63) is 30.3 Å². The van der Waals surface area contributed by atoms with Crippen LogP contribution in [0.4, 0.5) is 0 Å². The molecule has 0 aliphatic carbocycles. The van der Waals surface area contributed by atoms with E-state index >= 15 is 0 Å². The van der Waals surface area contributed by atoms with Crippen LogP contribution in [0.5, 0.6) is 0 Å². The summed E-state index contributed by atoms with van der Waals surface area (Å²) >= 11 is 0. The first-order chi connectivity index (χ1) is 5.79. The van der Waals surface area contributed by atoms with Crippen LogP contribution in [0.2, 0.25) is 6.04 Å². The number of benzene rings is 1. The van der Waals surface area contributed by atoms with Crippen LogP contribution in [0.3, 0.4) is 0 Å². The summed E-state index contributed by atoms with van der Waals surface area (Å²) in [6.07, 6.45) is 0. The molecule has 0 saturated heterocycles.